The molecule has 1 N–H and O–H groups in total. The Morgan fingerprint density at radius 1 is 1.13 bits per heavy atom. The minimum absolute atomic E-state index is 0.0570. The highest BCUT2D eigenvalue weighted by Crippen LogP contribution is 2.31. The van der Waals surface area contributed by atoms with E-state index in [-0.39, 0.29) is 11.9 Å². The first-order chi connectivity index (χ1) is 14.5. The van der Waals surface area contributed by atoms with Crippen LogP contribution < -0.4 is 19.7 Å². The number of methoxy groups -OCH3 is 2. The SMILES string of the molecule is COc1cccc(CN(C)[C@@H](C)C(=O)Nc2ccc(N3CCOCC3)cc2)c1OC. The molecule has 1 heterocycles. The van der Waals surface area contributed by atoms with Crippen molar-refractivity contribution in [2.45, 2.75) is 19.5 Å². The van der Waals surface area contributed by atoms with E-state index >= 15 is 0 Å². The fraction of sp³-hybridized carbons (Fsp3) is 0.435. The predicted molar refractivity (Wildman–Crippen MR) is 119 cm³/mol. The van der Waals surface area contributed by atoms with E-state index in [0.29, 0.717) is 18.0 Å². The van der Waals surface area contributed by atoms with Crippen LogP contribution in [0.5, 0.6) is 11.5 Å². The number of nitrogens with one attached hydrogen (secondary N) is 1. The molecule has 1 aliphatic heterocycles. The molecular weight excluding hydrogens is 382 g/mol. The molecule has 0 aromatic heterocycles. The van der Waals surface area contributed by atoms with Crippen molar-refractivity contribution in [3.05, 3.63) is 48.0 Å². The second-order valence-electron chi connectivity index (χ2n) is 7.38. The van der Waals surface area contributed by atoms with Gasteiger partial charge in [-0.1, -0.05) is 12.1 Å². The molecule has 0 radical (unpaired) electrons. The Morgan fingerprint density at radius 2 is 1.83 bits per heavy atom. The van der Waals surface area contributed by atoms with Crippen molar-refractivity contribution in [3.8, 4) is 11.5 Å². The van der Waals surface area contributed by atoms with E-state index in [2.05, 4.69) is 10.2 Å². The number of rotatable bonds is 8. The van der Waals surface area contributed by atoms with Gasteiger partial charge in [0.2, 0.25) is 5.91 Å². The van der Waals surface area contributed by atoms with Gasteiger partial charge >= 0.3 is 0 Å². The third-order valence-electron chi connectivity index (χ3n) is 5.46. The van der Waals surface area contributed by atoms with E-state index in [1.165, 1.54) is 0 Å². The molecule has 0 unspecified atom stereocenters. The summed E-state index contributed by atoms with van der Waals surface area (Å²) >= 11 is 0. The first kappa shape index (κ1) is 21.9. The molecule has 1 fully saturated rings. The number of likely N-dealkylation sites (N-methyl/N-ethyl adjacent to an activating group) is 1. The van der Waals surface area contributed by atoms with Crippen molar-refractivity contribution < 1.29 is 19.0 Å². The molecule has 1 saturated heterocycles. The molecular formula is C23H31N3O4. The minimum atomic E-state index is -0.320. The highest BCUT2D eigenvalue weighted by molar-refractivity contribution is 5.94. The molecule has 1 aliphatic rings. The Kier molecular flexibility index (Phi) is 7.54. The highest BCUT2D eigenvalue weighted by Gasteiger charge is 2.21. The summed E-state index contributed by atoms with van der Waals surface area (Å²) in [6, 6.07) is 13.4. The maximum Gasteiger partial charge on any atom is 0.241 e. The van der Waals surface area contributed by atoms with Gasteiger partial charge in [0.1, 0.15) is 0 Å². The number of hydrogen-bond donors (Lipinski definition) is 1. The van der Waals surface area contributed by atoms with Gasteiger partial charge in [0.25, 0.3) is 0 Å². The number of benzene rings is 2. The van der Waals surface area contributed by atoms with E-state index < -0.39 is 0 Å². The highest BCUT2D eigenvalue weighted by atomic mass is 16.5. The number of ether oxygens (including phenoxy) is 3. The number of amides is 1. The van der Waals surface area contributed by atoms with E-state index in [4.69, 9.17) is 14.2 Å². The number of para-hydroxylation sites is 1. The van der Waals surface area contributed by atoms with Gasteiger partial charge in [-0.25, -0.2) is 0 Å². The Labute approximate surface area is 178 Å². The molecule has 0 spiro atoms. The van der Waals surface area contributed by atoms with Crippen LogP contribution in [-0.2, 0) is 16.1 Å². The summed E-state index contributed by atoms with van der Waals surface area (Å²) in [5, 5.41) is 3.01. The van der Waals surface area contributed by atoms with Crippen LogP contribution in [0.15, 0.2) is 42.5 Å². The summed E-state index contributed by atoms with van der Waals surface area (Å²) in [6.45, 7) is 5.73. The van der Waals surface area contributed by atoms with Crippen LogP contribution in [0.2, 0.25) is 0 Å². The Bertz CT molecular complexity index is 835. The summed E-state index contributed by atoms with van der Waals surface area (Å²) < 4.78 is 16.3. The van der Waals surface area contributed by atoms with Crippen molar-refractivity contribution >= 4 is 17.3 Å². The van der Waals surface area contributed by atoms with E-state index in [1.807, 2.05) is 61.3 Å². The van der Waals surface area contributed by atoms with Crippen LogP contribution in [-0.4, -0.2) is 64.4 Å². The zero-order valence-electron chi connectivity index (χ0n) is 18.2. The number of morpholine rings is 1. The Hall–Kier alpha value is -2.77. The van der Waals surface area contributed by atoms with Crippen LogP contribution >= 0.6 is 0 Å². The summed E-state index contributed by atoms with van der Waals surface area (Å²) in [6.07, 6.45) is 0. The van der Waals surface area contributed by atoms with Gasteiger partial charge in [-0.05, 0) is 44.3 Å². The molecule has 0 bridgehead atoms. The molecule has 0 saturated carbocycles. The number of hydrogen-bond acceptors (Lipinski definition) is 6. The smallest absolute Gasteiger partial charge is 0.241 e. The third-order valence-corrected chi connectivity index (χ3v) is 5.46. The summed E-state index contributed by atoms with van der Waals surface area (Å²) in [7, 11) is 5.16. The lowest BCUT2D eigenvalue weighted by molar-refractivity contribution is -0.120. The van der Waals surface area contributed by atoms with E-state index in [1.54, 1.807) is 14.2 Å². The molecule has 3 rings (SSSR count). The zero-order chi connectivity index (χ0) is 21.5. The normalized spacial score (nSPS) is 15.0. The summed E-state index contributed by atoms with van der Waals surface area (Å²) in [4.78, 5) is 17.0. The monoisotopic (exact) mass is 413 g/mol. The largest absolute Gasteiger partial charge is 0.493 e. The number of carbonyl (C=O) groups is 1. The minimum Gasteiger partial charge on any atom is -0.493 e. The molecule has 7 heteroatoms. The topological polar surface area (TPSA) is 63.3 Å². The van der Waals surface area contributed by atoms with E-state index in [0.717, 1.165) is 43.2 Å². The van der Waals surface area contributed by atoms with Gasteiger partial charge in [-0.2, -0.15) is 0 Å². The molecule has 1 atom stereocenters. The Balaban J connectivity index is 1.60. The Morgan fingerprint density at radius 3 is 2.47 bits per heavy atom. The van der Waals surface area contributed by atoms with Crippen molar-refractivity contribution in [1.82, 2.24) is 4.90 Å². The van der Waals surface area contributed by atoms with Crippen LogP contribution in [0.4, 0.5) is 11.4 Å². The zero-order valence-corrected chi connectivity index (χ0v) is 18.2. The summed E-state index contributed by atoms with van der Waals surface area (Å²) in [5.41, 5.74) is 2.90. The number of anilines is 2. The lowest BCUT2D eigenvalue weighted by atomic mass is 10.1. The maximum atomic E-state index is 12.8. The quantitative estimate of drug-likeness (QED) is 0.718. The van der Waals surface area contributed by atoms with Crippen molar-refractivity contribution in [2.24, 2.45) is 0 Å². The predicted octanol–water partition coefficient (Wildman–Crippen LogP) is 3.00. The van der Waals surface area contributed by atoms with Crippen LogP contribution in [0.1, 0.15) is 12.5 Å². The fourth-order valence-electron chi connectivity index (χ4n) is 3.51. The average Bonchev–Trinajstić information content (AvgIpc) is 2.79. The summed E-state index contributed by atoms with van der Waals surface area (Å²) in [5.74, 6) is 1.32. The lowest BCUT2D eigenvalue weighted by Gasteiger charge is -2.29. The fourth-order valence-corrected chi connectivity index (χ4v) is 3.51. The van der Waals surface area contributed by atoms with Gasteiger partial charge in [0.15, 0.2) is 11.5 Å². The standard InChI is InChI=1S/C23H31N3O4/c1-17(25(2)16-18-6-5-7-21(28-3)22(18)29-4)23(27)24-19-8-10-20(11-9-19)26-12-14-30-15-13-26/h5-11,17H,12-16H2,1-4H3,(H,24,27)/t17-/m0/s1. The average molecular weight is 414 g/mol. The third kappa shape index (κ3) is 5.23. The second-order valence-corrected chi connectivity index (χ2v) is 7.38. The van der Waals surface area contributed by atoms with Crippen LogP contribution in [0, 0.1) is 0 Å². The van der Waals surface area contributed by atoms with Crippen molar-refractivity contribution in [2.75, 3.05) is 57.8 Å². The van der Waals surface area contributed by atoms with Gasteiger partial charge in [0.05, 0.1) is 33.5 Å². The van der Waals surface area contributed by atoms with Crippen molar-refractivity contribution in [1.29, 1.82) is 0 Å². The van der Waals surface area contributed by atoms with Gasteiger partial charge in [-0.3, -0.25) is 9.69 Å². The molecule has 162 valence electrons. The van der Waals surface area contributed by atoms with E-state index in [9.17, 15) is 4.79 Å². The van der Waals surface area contributed by atoms with Crippen molar-refractivity contribution in [3.63, 3.8) is 0 Å². The second kappa shape index (κ2) is 10.3. The molecule has 2 aromatic carbocycles. The van der Waals surface area contributed by atoms with Gasteiger partial charge in [-0.15, -0.1) is 0 Å². The molecule has 2 aromatic rings. The van der Waals surface area contributed by atoms with Crippen LogP contribution in [0.3, 0.4) is 0 Å². The molecule has 1 amide bonds. The number of carbonyl (C=O) groups excluding carboxylic acids is 1. The maximum absolute atomic E-state index is 12.8. The first-order valence-corrected chi connectivity index (χ1v) is 10.2. The molecule has 30 heavy (non-hydrogen) atoms. The number of nitrogens with zero attached hydrogens (tertiary/aromatic N) is 2. The van der Waals surface area contributed by atoms with Gasteiger partial charge < -0.3 is 24.4 Å². The van der Waals surface area contributed by atoms with Crippen LogP contribution in [0.25, 0.3) is 0 Å². The first-order valence-electron chi connectivity index (χ1n) is 10.2. The lowest BCUT2D eigenvalue weighted by Crippen LogP contribution is -2.39. The molecule has 0 aliphatic carbocycles. The molecule has 7 nitrogen and oxygen atoms in total. The van der Waals surface area contributed by atoms with Gasteiger partial charge in [0, 0.05) is 36.6 Å².